The van der Waals surface area contributed by atoms with Crippen LogP contribution in [0.2, 0.25) is 0 Å². The molecule has 0 spiro atoms. The molecule has 0 saturated carbocycles. The highest BCUT2D eigenvalue weighted by molar-refractivity contribution is 5.78. The Balaban J connectivity index is 1.87. The Morgan fingerprint density at radius 1 is 1.36 bits per heavy atom. The van der Waals surface area contributed by atoms with Gasteiger partial charge in [-0.1, -0.05) is 12.1 Å². The van der Waals surface area contributed by atoms with Crippen molar-refractivity contribution >= 4 is 11.9 Å². The third-order valence-electron chi connectivity index (χ3n) is 3.31. The van der Waals surface area contributed by atoms with Crippen LogP contribution in [0.5, 0.6) is 11.5 Å². The van der Waals surface area contributed by atoms with Gasteiger partial charge in [0.1, 0.15) is 0 Å². The molecule has 2 rings (SSSR count). The topological polar surface area (TPSA) is 85.3 Å². The molecule has 22 heavy (non-hydrogen) atoms. The molecule has 1 aliphatic heterocycles. The highest BCUT2D eigenvalue weighted by Gasteiger charge is 2.26. The first-order valence-corrected chi connectivity index (χ1v) is 6.97. The molecule has 1 N–H and O–H groups in total. The van der Waals surface area contributed by atoms with Crippen molar-refractivity contribution in [3.8, 4) is 11.5 Å². The summed E-state index contributed by atoms with van der Waals surface area (Å²) >= 11 is 0. The number of para-hydroxylation sites is 2. The van der Waals surface area contributed by atoms with Crippen LogP contribution in [0.1, 0.15) is 6.42 Å². The monoisotopic (exact) mass is 309 g/mol. The zero-order valence-electron chi connectivity index (χ0n) is 12.4. The van der Waals surface area contributed by atoms with Crippen LogP contribution in [0.4, 0.5) is 0 Å². The molecule has 0 radical (unpaired) electrons. The molecule has 0 bridgehead atoms. The number of carbonyl (C=O) groups is 2. The number of benzene rings is 1. The maximum Gasteiger partial charge on any atom is 0.306 e. The smallest absolute Gasteiger partial charge is 0.306 e. The van der Waals surface area contributed by atoms with Crippen LogP contribution in [-0.4, -0.2) is 61.4 Å². The van der Waals surface area contributed by atoms with E-state index in [0.717, 1.165) is 0 Å². The fourth-order valence-corrected chi connectivity index (χ4v) is 2.23. The third-order valence-corrected chi connectivity index (χ3v) is 3.31. The largest absolute Gasteiger partial charge is 0.493 e. The van der Waals surface area contributed by atoms with E-state index in [0.29, 0.717) is 24.7 Å². The molecule has 1 atom stereocenters. The van der Waals surface area contributed by atoms with Crippen LogP contribution in [0, 0.1) is 0 Å². The lowest BCUT2D eigenvalue weighted by Gasteiger charge is -2.32. The minimum absolute atomic E-state index is 0.114. The van der Waals surface area contributed by atoms with Crippen LogP contribution in [-0.2, 0) is 14.3 Å². The molecule has 0 aliphatic carbocycles. The number of nitrogens with zero attached hydrogens (tertiary/aromatic N) is 1. The fourth-order valence-electron chi connectivity index (χ4n) is 2.23. The maximum atomic E-state index is 12.2. The Hall–Kier alpha value is -2.28. The summed E-state index contributed by atoms with van der Waals surface area (Å²) in [4.78, 5) is 24.4. The van der Waals surface area contributed by atoms with E-state index in [2.05, 4.69) is 0 Å². The second-order valence-electron chi connectivity index (χ2n) is 4.87. The summed E-state index contributed by atoms with van der Waals surface area (Å²) < 4.78 is 16.0. The molecule has 7 heteroatoms. The molecule has 1 aromatic rings. The predicted octanol–water partition coefficient (Wildman–Crippen LogP) is 0.776. The van der Waals surface area contributed by atoms with Crippen molar-refractivity contribution in [2.75, 3.05) is 33.4 Å². The van der Waals surface area contributed by atoms with Gasteiger partial charge in [0.2, 0.25) is 0 Å². The average Bonchev–Trinajstić information content (AvgIpc) is 2.52. The third kappa shape index (κ3) is 4.36. The van der Waals surface area contributed by atoms with Crippen LogP contribution < -0.4 is 9.47 Å². The minimum atomic E-state index is -0.940. The standard InChI is InChI=1S/C15H19NO6/c1-20-12-4-2-3-5-13(12)22-10-14(17)16-6-7-21-11(9-16)8-15(18)19/h2-5,11H,6-10H2,1H3,(H,18,19). The summed E-state index contributed by atoms with van der Waals surface area (Å²) in [6, 6.07) is 7.07. The van der Waals surface area contributed by atoms with Crippen molar-refractivity contribution in [1.29, 1.82) is 0 Å². The van der Waals surface area contributed by atoms with Crippen LogP contribution in [0.25, 0.3) is 0 Å². The van der Waals surface area contributed by atoms with Crippen molar-refractivity contribution in [1.82, 2.24) is 4.90 Å². The molecule has 120 valence electrons. The fraction of sp³-hybridized carbons (Fsp3) is 0.467. The highest BCUT2D eigenvalue weighted by atomic mass is 16.5. The number of hydrogen-bond acceptors (Lipinski definition) is 5. The Morgan fingerprint density at radius 2 is 2.09 bits per heavy atom. The average molecular weight is 309 g/mol. The summed E-state index contributed by atoms with van der Waals surface area (Å²) in [7, 11) is 1.53. The molecule has 1 heterocycles. The van der Waals surface area contributed by atoms with Gasteiger partial charge in [0.15, 0.2) is 18.1 Å². The van der Waals surface area contributed by atoms with Crippen molar-refractivity contribution in [3.05, 3.63) is 24.3 Å². The summed E-state index contributed by atoms with van der Waals surface area (Å²) in [5.41, 5.74) is 0. The van der Waals surface area contributed by atoms with Gasteiger partial charge in [0.25, 0.3) is 5.91 Å². The van der Waals surface area contributed by atoms with Gasteiger partial charge in [-0.3, -0.25) is 9.59 Å². The molecule has 0 aromatic heterocycles. The van der Waals surface area contributed by atoms with E-state index in [4.69, 9.17) is 19.3 Å². The first kappa shape index (κ1) is 16.1. The van der Waals surface area contributed by atoms with Crippen LogP contribution >= 0.6 is 0 Å². The number of carboxylic acid groups (broad SMARTS) is 1. The van der Waals surface area contributed by atoms with E-state index in [9.17, 15) is 9.59 Å². The Kier molecular flexibility index (Phi) is 5.60. The van der Waals surface area contributed by atoms with E-state index in [1.165, 1.54) is 7.11 Å². The number of ether oxygens (including phenoxy) is 3. The van der Waals surface area contributed by atoms with Gasteiger partial charge in [-0.2, -0.15) is 0 Å². The quantitative estimate of drug-likeness (QED) is 0.835. The zero-order valence-corrected chi connectivity index (χ0v) is 12.4. The second-order valence-corrected chi connectivity index (χ2v) is 4.87. The van der Waals surface area contributed by atoms with Gasteiger partial charge in [-0.15, -0.1) is 0 Å². The number of morpholine rings is 1. The first-order chi connectivity index (χ1) is 10.6. The molecule has 7 nitrogen and oxygen atoms in total. The Morgan fingerprint density at radius 3 is 2.77 bits per heavy atom. The summed E-state index contributed by atoms with van der Waals surface area (Å²) in [6.07, 6.45) is -0.585. The van der Waals surface area contributed by atoms with Gasteiger partial charge in [-0.05, 0) is 12.1 Å². The predicted molar refractivity (Wildman–Crippen MR) is 77.1 cm³/mol. The molecule has 1 saturated heterocycles. The van der Waals surface area contributed by atoms with E-state index < -0.39 is 12.1 Å². The Bertz CT molecular complexity index is 533. The number of aliphatic carboxylic acids is 1. The van der Waals surface area contributed by atoms with Crippen LogP contribution in [0.3, 0.4) is 0 Å². The molecule has 1 unspecified atom stereocenters. The van der Waals surface area contributed by atoms with E-state index >= 15 is 0 Å². The molecule has 1 aliphatic rings. The van der Waals surface area contributed by atoms with E-state index in [1.54, 1.807) is 23.1 Å². The molecule has 1 amide bonds. The second kappa shape index (κ2) is 7.65. The van der Waals surface area contributed by atoms with Gasteiger partial charge < -0.3 is 24.2 Å². The molecular weight excluding hydrogens is 290 g/mol. The van der Waals surface area contributed by atoms with Gasteiger partial charge in [-0.25, -0.2) is 0 Å². The highest BCUT2D eigenvalue weighted by Crippen LogP contribution is 2.25. The van der Waals surface area contributed by atoms with Crippen molar-refractivity contribution in [3.63, 3.8) is 0 Å². The minimum Gasteiger partial charge on any atom is -0.493 e. The van der Waals surface area contributed by atoms with Crippen molar-refractivity contribution in [2.45, 2.75) is 12.5 Å². The van der Waals surface area contributed by atoms with Crippen molar-refractivity contribution in [2.24, 2.45) is 0 Å². The normalized spacial score (nSPS) is 17.9. The number of carboxylic acids is 1. The molecular formula is C15H19NO6. The summed E-state index contributed by atoms with van der Waals surface area (Å²) in [5, 5.41) is 8.78. The lowest BCUT2D eigenvalue weighted by Crippen LogP contribution is -2.47. The number of rotatable bonds is 6. The number of carbonyl (C=O) groups excluding carboxylic acids is 1. The van der Waals surface area contributed by atoms with Crippen molar-refractivity contribution < 1.29 is 28.9 Å². The Labute approximate surface area is 128 Å². The van der Waals surface area contributed by atoms with Gasteiger partial charge >= 0.3 is 5.97 Å². The number of methoxy groups -OCH3 is 1. The summed E-state index contributed by atoms with van der Waals surface area (Å²) in [5.74, 6) is -0.0936. The SMILES string of the molecule is COc1ccccc1OCC(=O)N1CCOC(CC(=O)O)C1. The first-order valence-electron chi connectivity index (χ1n) is 6.97. The molecule has 1 fully saturated rings. The van der Waals surface area contributed by atoms with Crippen LogP contribution in [0.15, 0.2) is 24.3 Å². The lowest BCUT2D eigenvalue weighted by molar-refractivity contribution is -0.148. The van der Waals surface area contributed by atoms with E-state index in [1.807, 2.05) is 6.07 Å². The zero-order chi connectivity index (χ0) is 15.9. The van der Waals surface area contributed by atoms with Gasteiger partial charge in [0, 0.05) is 13.1 Å². The van der Waals surface area contributed by atoms with E-state index in [-0.39, 0.29) is 25.5 Å². The molecule has 1 aromatic carbocycles. The number of amides is 1. The summed E-state index contributed by atoms with van der Waals surface area (Å²) in [6.45, 7) is 0.906. The lowest BCUT2D eigenvalue weighted by atomic mass is 10.2. The maximum absolute atomic E-state index is 12.2. The van der Waals surface area contributed by atoms with Gasteiger partial charge in [0.05, 0.1) is 26.2 Å². The number of hydrogen-bond donors (Lipinski definition) is 1.